The van der Waals surface area contributed by atoms with E-state index in [0.29, 0.717) is 23.7 Å². The van der Waals surface area contributed by atoms with Crippen molar-refractivity contribution in [2.75, 3.05) is 0 Å². The van der Waals surface area contributed by atoms with E-state index in [0.717, 1.165) is 6.42 Å². The summed E-state index contributed by atoms with van der Waals surface area (Å²) in [7, 11) is 0. The molecule has 0 aliphatic heterocycles. The number of carboxylic acid groups (broad SMARTS) is 1. The number of hydrogen-bond acceptors (Lipinski definition) is 4. The number of aromatic nitrogens is 2. The van der Waals surface area contributed by atoms with Crippen molar-refractivity contribution >= 4 is 22.8 Å². The molecule has 0 bridgehead atoms. The normalized spacial score (nSPS) is 20.2. The zero-order chi connectivity index (χ0) is 17.1. The first kappa shape index (κ1) is 16.2. The average molecular weight is 329 g/mol. The molecule has 0 radical (unpaired) electrons. The Balaban J connectivity index is 1.63. The van der Waals surface area contributed by atoms with E-state index in [4.69, 9.17) is 5.11 Å². The van der Waals surface area contributed by atoms with Crippen LogP contribution in [-0.4, -0.2) is 32.6 Å². The van der Waals surface area contributed by atoms with Crippen molar-refractivity contribution in [2.45, 2.75) is 38.3 Å². The van der Waals surface area contributed by atoms with Crippen molar-refractivity contribution in [1.29, 1.82) is 0 Å². The van der Waals surface area contributed by atoms with E-state index < -0.39 is 11.9 Å². The number of carboxylic acids is 1. The fourth-order valence-corrected chi connectivity index (χ4v) is 3.19. The summed E-state index contributed by atoms with van der Waals surface area (Å²) in [6.07, 6.45) is 3.63. The fraction of sp³-hybridized carbons (Fsp3) is 0.412. The topological polar surface area (TPSA) is 101 Å². The molecule has 1 aliphatic rings. The number of benzene rings is 1. The minimum Gasteiger partial charge on any atom is -0.481 e. The third-order valence-electron chi connectivity index (χ3n) is 4.49. The molecular weight excluding hydrogens is 310 g/mol. The SMILES string of the molecule is O=C(CCn1cnc2ccccc2c1=O)N[C@H]1CCC[C@H]1C(=O)O. The minimum atomic E-state index is -0.868. The molecule has 126 valence electrons. The first-order chi connectivity index (χ1) is 11.6. The Morgan fingerprint density at radius 3 is 2.88 bits per heavy atom. The Labute approximate surface area is 138 Å². The third-order valence-corrected chi connectivity index (χ3v) is 4.49. The van der Waals surface area contributed by atoms with Gasteiger partial charge in [0.1, 0.15) is 0 Å². The maximum absolute atomic E-state index is 12.3. The summed E-state index contributed by atoms with van der Waals surface area (Å²) in [6, 6.07) is 6.74. The summed E-state index contributed by atoms with van der Waals surface area (Å²) in [6.45, 7) is 0.215. The van der Waals surface area contributed by atoms with Gasteiger partial charge < -0.3 is 10.4 Å². The molecular formula is C17H19N3O4. The fourth-order valence-electron chi connectivity index (χ4n) is 3.19. The molecule has 2 atom stereocenters. The first-order valence-electron chi connectivity index (χ1n) is 8.02. The highest BCUT2D eigenvalue weighted by molar-refractivity contribution is 5.79. The largest absolute Gasteiger partial charge is 0.481 e. The van der Waals surface area contributed by atoms with E-state index >= 15 is 0 Å². The van der Waals surface area contributed by atoms with Crippen LogP contribution in [0.5, 0.6) is 0 Å². The first-order valence-corrected chi connectivity index (χ1v) is 8.02. The number of carbonyl (C=O) groups is 2. The summed E-state index contributed by atoms with van der Waals surface area (Å²) in [5, 5.41) is 12.4. The van der Waals surface area contributed by atoms with Crippen LogP contribution in [0.2, 0.25) is 0 Å². The lowest BCUT2D eigenvalue weighted by Gasteiger charge is -2.17. The van der Waals surface area contributed by atoms with Crippen LogP contribution in [0.3, 0.4) is 0 Å². The monoisotopic (exact) mass is 329 g/mol. The molecule has 7 nitrogen and oxygen atoms in total. The summed E-state index contributed by atoms with van der Waals surface area (Å²) < 4.78 is 1.41. The van der Waals surface area contributed by atoms with E-state index in [1.807, 2.05) is 6.07 Å². The molecule has 0 unspecified atom stereocenters. The summed E-state index contributed by atoms with van der Waals surface area (Å²) >= 11 is 0. The molecule has 1 amide bonds. The van der Waals surface area contributed by atoms with Crippen molar-refractivity contribution in [3.63, 3.8) is 0 Å². The molecule has 0 spiro atoms. The second-order valence-corrected chi connectivity index (χ2v) is 6.06. The third kappa shape index (κ3) is 3.29. The van der Waals surface area contributed by atoms with E-state index in [9.17, 15) is 14.4 Å². The maximum atomic E-state index is 12.3. The van der Waals surface area contributed by atoms with Crippen LogP contribution in [0.25, 0.3) is 10.9 Å². The van der Waals surface area contributed by atoms with Crippen LogP contribution in [0.1, 0.15) is 25.7 Å². The molecule has 1 heterocycles. The molecule has 1 aliphatic carbocycles. The number of nitrogens with one attached hydrogen (secondary N) is 1. The van der Waals surface area contributed by atoms with Crippen molar-refractivity contribution in [3.05, 3.63) is 40.9 Å². The van der Waals surface area contributed by atoms with Gasteiger partial charge in [-0.1, -0.05) is 18.6 Å². The van der Waals surface area contributed by atoms with Gasteiger partial charge in [-0.25, -0.2) is 4.98 Å². The van der Waals surface area contributed by atoms with Crippen molar-refractivity contribution in [1.82, 2.24) is 14.9 Å². The van der Waals surface area contributed by atoms with Crippen LogP contribution >= 0.6 is 0 Å². The average Bonchev–Trinajstić information content (AvgIpc) is 3.03. The highest BCUT2D eigenvalue weighted by atomic mass is 16.4. The molecule has 1 fully saturated rings. The van der Waals surface area contributed by atoms with Crippen LogP contribution in [0, 0.1) is 5.92 Å². The van der Waals surface area contributed by atoms with Crippen LogP contribution in [-0.2, 0) is 16.1 Å². The lowest BCUT2D eigenvalue weighted by atomic mass is 10.0. The van der Waals surface area contributed by atoms with Crippen LogP contribution in [0.15, 0.2) is 35.4 Å². The van der Waals surface area contributed by atoms with Gasteiger partial charge in [0.25, 0.3) is 5.56 Å². The number of hydrogen-bond donors (Lipinski definition) is 2. The Kier molecular flexibility index (Phi) is 4.59. The smallest absolute Gasteiger partial charge is 0.308 e. The summed E-state index contributed by atoms with van der Waals surface area (Å²) in [5.41, 5.74) is 0.441. The Hall–Kier alpha value is -2.70. The van der Waals surface area contributed by atoms with E-state index in [1.54, 1.807) is 18.2 Å². The van der Waals surface area contributed by atoms with Gasteiger partial charge in [-0.05, 0) is 25.0 Å². The van der Waals surface area contributed by atoms with Gasteiger partial charge in [-0.2, -0.15) is 0 Å². The predicted octanol–water partition coefficient (Wildman–Crippen LogP) is 1.16. The number of para-hydroxylation sites is 1. The second-order valence-electron chi connectivity index (χ2n) is 6.06. The number of rotatable bonds is 5. The van der Waals surface area contributed by atoms with Gasteiger partial charge in [0, 0.05) is 19.0 Å². The highest BCUT2D eigenvalue weighted by Gasteiger charge is 2.33. The lowest BCUT2D eigenvalue weighted by molar-refractivity contribution is -0.142. The van der Waals surface area contributed by atoms with Crippen molar-refractivity contribution in [2.24, 2.45) is 5.92 Å². The van der Waals surface area contributed by atoms with Gasteiger partial charge in [-0.3, -0.25) is 19.0 Å². The summed E-state index contributed by atoms with van der Waals surface area (Å²) in [4.78, 5) is 39.8. The maximum Gasteiger partial charge on any atom is 0.308 e. The van der Waals surface area contributed by atoms with Gasteiger partial charge in [0.15, 0.2) is 0 Å². The number of fused-ring (bicyclic) bond motifs is 1. The molecule has 2 aromatic rings. The summed E-state index contributed by atoms with van der Waals surface area (Å²) in [5.74, 6) is -1.63. The Morgan fingerprint density at radius 2 is 2.08 bits per heavy atom. The number of aryl methyl sites for hydroxylation is 1. The lowest BCUT2D eigenvalue weighted by Crippen LogP contribution is -2.40. The quantitative estimate of drug-likeness (QED) is 0.857. The van der Waals surface area contributed by atoms with Crippen LogP contribution < -0.4 is 10.9 Å². The predicted molar refractivity (Wildman–Crippen MR) is 87.5 cm³/mol. The Bertz CT molecular complexity index is 830. The second kappa shape index (κ2) is 6.82. The number of amides is 1. The molecule has 1 saturated carbocycles. The highest BCUT2D eigenvalue weighted by Crippen LogP contribution is 2.25. The van der Waals surface area contributed by atoms with Crippen molar-refractivity contribution < 1.29 is 14.7 Å². The molecule has 3 rings (SSSR count). The Morgan fingerprint density at radius 1 is 1.29 bits per heavy atom. The molecule has 2 N–H and O–H groups in total. The molecule has 0 saturated heterocycles. The van der Waals surface area contributed by atoms with Crippen LogP contribution in [0.4, 0.5) is 0 Å². The molecule has 24 heavy (non-hydrogen) atoms. The number of nitrogens with zero attached hydrogens (tertiary/aromatic N) is 2. The van der Waals surface area contributed by atoms with E-state index in [2.05, 4.69) is 10.3 Å². The van der Waals surface area contributed by atoms with Gasteiger partial charge >= 0.3 is 5.97 Å². The molecule has 7 heteroatoms. The number of aliphatic carboxylic acids is 1. The zero-order valence-electron chi connectivity index (χ0n) is 13.1. The standard InChI is InChI=1S/C17H19N3O4/c21-15(19-14-7-3-5-12(14)17(23)24)8-9-20-10-18-13-6-2-1-4-11(13)16(20)22/h1-2,4,6,10,12,14H,3,5,7-9H2,(H,19,21)(H,23,24)/t12-,14+/m1/s1. The van der Waals surface area contributed by atoms with E-state index in [1.165, 1.54) is 10.9 Å². The molecule has 1 aromatic heterocycles. The van der Waals surface area contributed by atoms with Gasteiger partial charge in [-0.15, -0.1) is 0 Å². The van der Waals surface area contributed by atoms with E-state index in [-0.39, 0.29) is 30.5 Å². The van der Waals surface area contributed by atoms with Gasteiger partial charge in [0.2, 0.25) is 5.91 Å². The van der Waals surface area contributed by atoms with Gasteiger partial charge in [0.05, 0.1) is 23.1 Å². The molecule has 1 aromatic carbocycles. The zero-order valence-corrected chi connectivity index (χ0v) is 13.1. The number of carbonyl (C=O) groups excluding carboxylic acids is 1. The van der Waals surface area contributed by atoms with Crippen molar-refractivity contribution in [3.8, 4) is 0 Å². The minimum absolute atomic E-state index is 0.114.